The first-order chi connectivity index (χ1) is 11.8. The highest BCUT2D eigenvalue weighted by molar-refractivity contribution is 5.46. The lowest BCUT2D eigenvalue weighted by molar-refractivity contribution is 0.0249. The smallest absolute Gasteiger partial charge is 0.135 e. The minimum absolute atomic E-state index is 0.319. The highest BCUT2D eigenvalue weighted by atomic mass is 16.5. The van der Waals surface area contributed by atoms with Crippen LogP contribution in [0.1, 0.15) is 43.1 Å². The summed E-state index contributed by atoms with van der Waals surface area (Å²) in [4.78, 5) is 15.6. The van der Waals surface area contributed by atoms with E-state index >= 15 is 0 Å². The van der Waals surface area contributed by atoms with Gasteiger partial charge < -0.3 is 9.64 Å². The van der Waals surface area contributed by atoms with Gasteiger partial charge in [-0.05, 0) is 37.8 Å². The summed E-state index contributed by atoms with van der Waals surface area (Å²) in [7, 11) is 0. The fourth-order valence-corrected chi connectivity index (χ4v) is 3.13. The second-order valence-corrected chi connectivity index (χ2v) is 6.37. The predicted molar refractivity (Wildman–Crippen MR) is 95.0 cm³/mol. The van der Waals surface area contributed by atoms with Crippen LogP contribution in [0.15, 0.2) is 30.7 Å². The topological polar surface area (TPSA) is 51.1 Å². The van der Waals surface area contributed by atoms with Gasteiger partial charge in [0.15, 0.2) is 0 Å². The van der Waals surface area contributed by atoms with Crippen LogP contribution in [0.25, 0.3) is 0 Å². The molecule has 1 aliphatic heterocycles. The molecule has 128 valence electrons. The van der Waals surface area contributed by atoms with E-state index in [-0.39, 0.29) is 0 Å². The van der Waals surface area contributed by atoms with Gasteiger partial charge in [0.05, 0.1) is 12.7 Å². The highest BCUT2D eigenvalue weighted by Gasteiger charge is 2.22. The van der Waals surface area contributed by atoms with Crippen LogP contribution in [-0.4, -0.2) is 34.1 Å². The number of aromatic nitrogens is 3. The molecule has 3 heterocycles. The Hall–Kier alpha value is -2.01. The van der Waals surface area contributed by atoms with Gasteiger partial charge in [-0.2, -0.15) is 0 Å². The van der Waals surface area contributed by atoms with Gasteiger partial charge in [0.1, 0.15) is 11.6 Å². The van der Waals surface area contributed by atoms with Crippen molar-refractivity contribution in [1.82, 2.24) is 15.0 Å². The standard InChI is InChI=1S/C19H26N4O/c1-3-5-17-13-21-15(2)22-19(17)23-10-7-18(8-11-23)24-14-16-6-4-9-20-12-16/h4,6,9,12-13,18H,3,5,7-8,10-11,14H2,1-2H3. The largest absolute Gasteiger partial charge is 0.373 e. The van der Waals surface area contributed by atoms with Crippen molar-refractivity contribution in [1.29, 1.82) is 0 Å². The second kappa shape index (κ2) is 8.20. The Kier molecular flexibility index (Phi) is 5.75. The van der Waals surface area contributed by atoms with Gasteiger partial charge in [-0.1, -0.05) is 19.4 Å². The van der Waals surface area contributed by atoms with Crippen molar-refractivity contribution in [2.45, 2.75) is 52.2 Å². The first-order valence-corrected chi connectivity index (χ1v) is 8.84. The quantitative estimate of drug-likeness (QED) is 0.815. The normalized spacial score (nSPS) is 15.7. The first kappa shape index (κ1) is 16.8. The van der Waals surface area contributed by atoms with Gasteiger partial charge in [0, 0.05) is 37.2 Å². The SMILES string of the molecule is CCCc1cnc(C)nc1N1CCC(OCc2cccnc2)CC1. The predicted octanol–water partition coefficient (Wildman–Crippen LogP) is 3.32. The van der Waals surface area contributed by atoms with Crippen molar-refractivity contribution in [2.24, 2.45) is 0 Å². The monoisotopic (exact) mass is 326 g/mol. The third-order valence-corrected chi connectivity index (χ3v) is 4.43. The number of rotatable bonds is 6. The van der Waals surface area contributed by atoms with Gasteiger partial charge in [-0.15, -0.1) is 0 Å². The summed E-state index contributed by atoms with van der Waals surface area (Å²) in [6, 6.07) is 4.01. The number of pyridine rings is 1. The fourth-order valence-electron chi connectivity index (χ4n) is 3.13. The Morgan fingerprint density at radius 2 is 2.08 bits per heavy atom. The first-order valence-electron chi connectivity index (χ1n) is 8.84. The fraction of sp³-hybridized carbons (Fsp3) is 0.526. The zero-order valence-electron chi connectivity index (χ0n) is 14.6. The summed E-state index contributed by atoms with van der Waals surface area (Å²) in [5.74, 6) is 1.97. The van der Waals surface area contributed by atoms with Crippen molar-refractivity contribution in [3.05, 3.63) is 47.7 Å². The zero-order chi connectivity index (χ0) is 16.8. The molecule has 1 aliphatic rings. The van der Waals surface area contributed by atoms with Crippen LogP contribution >= 0.6 is 0 Å². The number of piperidine rings is 1. The molecule has 0 aromatic carbocycles. The zero-order valence-corrected chi connectivity index (χ0v) is 14.6. The Balaban J connectivity index is 1.56. The van der Waals surface area contributed by atoms with Crippen molar-refractivity contribution in [2.75, 3.05) is 18.0 Å². The molecule has 2 aromatic heterocycles. The van der Waals surface area contributed by atoms with E-state index < -0.39 is 0 Å². The van der Waals surface area contributed by atoms with E-state index in [0.717, 1.165) is 56.0 Å². The Morgan fingerprint density at radius 3 is 2.79 bits per heavy atom. The molecular formula is C19H26N4O. The third kappa shape index (κ3) is 4.29. The summed E-state index contributed by atoms with van der Waals surface area (Å²) < 4.78 is 6.06. The molecule has 5 heteroatoms. The molecule has 1 fully saturated rings. The molecule has 0 unspecified atom stereocenters. The molecule has 0 aliphatic carbocycles. The lowest BCUT2D eigenvalue weighted by Crippen LogP contribution is -2.38. The summed E-state index contributed by atoms with van der Waals surface area (Å²) in [5.41, 5.74) is 2.40. The second-order valence-electron chi connectivity index (χ2n) is 6.37. The molecule has 3 rings (SSSR count). The van der Waals surface area contributed by atoms with Crippen LogP contribution in [-0.2, 0) is 17.8 Å². The van der Waals surface area contributed by atoms with Crippen LogP contribution < -0.4 is 4.90 Å². The molecule has 1 saturated heterocycles. The molecule has 0 saturated carbocycles. The number of hydrogen-bond donors (Lipinski definition) is 0. The van der Waals surface area contributed by atoms with E-state index in [1.54, 1.807) is 6.20 Å². The molecule has 0 N–H and O–H groups in total. The summed E-state index contributed by atoms with van der Waals surface area (Å²) in [6.07, 6.45) is 10.2. The maximum Gasteiger partial charge on any atom is 0.135 e. The van der Waals surface area contributed by atoms with Gasteiger partial charge in [0.25, 0.3) is 0 Å². The summed E-state index contributed by atoms with van der Waals surface area (Å²) >= 11 is 0. The maximum absolute atomic E-state index is 6.06. The Bertz CT molecular complexity index is 639. The number of ether oxygens (including phenoxy) is 1. The minimum atomic E-state index is 0.319. The third-order valence-electron chi connectivity index (χ3n) is 4.43. The van der Waals surface area contributed by atoms with Crippen molar-refractivity contribution >= 4 is 5.82 Å². The molecule has 0 radical (unpaired) electrons. The molecule has 2 aromatic rings. The summed E-state index contributed by atoms with van der Waals surface area (Å²) in [6.45, 7) is 6.78. The van der Waals surface area contributed by atoms with Crippen LogP contribution in [0.3, 0.4) is 0 Å². The molecular weight excluding hydrogens is 300 g/mol. The molecule has 0 bridgehead atoms. The average molecular weight is 326 g/mol. The van der Waals surface area contributed by atoms with E-state index in [9.17, 15) is 0 Å². The number of nitrogens with zero attached hydrogens (tertiary/aromatic N) is 4. The lowest BCUT2D eigenvalue weighted by atomic mass is 10.1. The summed E-state index contributed by atoms with van der Waals surface area (Å²) in [5, 5.41) is 0. The van der Waals surface area contributed by atoms with E-state index in [1.165, 1.54) is 5.56 Å². The molecule has 24 heavy (non-hydrogen) atoms. The minimum Gasteiger partial charge on any atom is -0.373 e. The average Bonchev–Trinajstić information content (AvgIpc) is 2.63. The van der Waals surface area contributed by atoms with E-state index in [2.05, 4.69) is 27.9 Å². The lowest BCUT2D eigenvalue weighted by Gasteiger charge is -2.33. The van der Waals surface area contributed by atoms with E-state index in [1.807, 2.05) is 25.4 Å². The van der Waals surface area contributed by atoms with E-state index in [0.29, 0.717) is 12.7 Å². The van der Waals surface area contributed by atoms with Gasteiger partial charge in [-0.25, -0.2) is 9.97 Å². The molecule has 0 spiro atoms. The molecule has 0 atom stereocenters. The van der Waals surface area contributed by atoms with Crippen molar-refractivity contribution in [3.8, 4) is 0 Å². The van der Waals surface area contributed by atoms with Gasteiger partial charge in [0.2, 0.25) is 0 Å². The van der Waals surface area contributed by atoms with Crippen molar-refractivity contribution < 1.29 is 4.74 Å². The van der Waals surface area contributed by atoms with E-state index in [4.69, 9.17) is 9.72 Å². The molecule has 5 nitrogen and oxygen atoms in total. The van der Waals surface area contributed by atoms with Crippen LogP contribution in [0.4, 0.5) is 5.82 Å². The highest BCUT2D eigenvalue weighted by Crippen LogP contribution is 2.24. The number of hydrogen-bond acceptors (Lipinski definition) is 5. The van der Waals surface area contributed by atoms with Crippen LogP contribution in [0.5, 0.6) is 0 Å². The number of aryl methyl sites for hydroxylation is 2. The van der Waals surface area contributed by atoms with Gasteiger partial charge in [-0.3, -0.25) is 4.98 Å². The molecule has 0 amide bonds. The van der Waals surface area contributed by atoms with Crippen molar-refractivity contribution in [3.63, 3.8) is 0 Å². The Labute approximate surface area is 144 Å². The van der Waals surface area contributed by atoms with Crippen LogP contribution in [0, 0.1) is 6.92 Å². The number of anilines is 1. The Morgan fingerprint density at radius 1 is 1.25 bits per heavy atom. The van der Waals surface area contributed by atoms with Crippen LogP contribution in [0.2, 0.25) is 0 Å². The van der Waals surface area contributed by atoms with Gasteiger partial charge >= 0.3 is 0 Å². The maximum atomic E-state index is 6.06.